The molecule has 1 aromatic carbocycles. The molecule has 0 aromatic heterocycles. The van der Waals surface area contributed by atoms with Crippen molar-refractivity contribution in [2.75, 3.05) is 18.4 Å². The highest BCUT2D eigenvalue weighted by molar-refractivity contribution is 6.33. The number of anilines is 1. The summed E-state index contributed by atoms with van der Waals surface area (Å²) in [5, 5.41) is 12.6. The SMILES string of the molecule is N#Cc1cccc(Cl)c1NCCCN1C(=O)CCC1=O. The number of nitriles is 1. The number of carbonyl (C=O) groups excluding carboxylic acids is 2. The van der Waals surface area contributed by atoms with Crippen LogP contribution in [-0.4, -0.2) is 29.8 Å². The van der Waals surface area contributed by atoms with Gasteiger partial charge in [0.2, 0.25) is 11.8 Å². The maximum Gasteiger partial charge on any atom is 0.229 e. The van der Waals surface area contributed by atoms with Gasteiger partial charge in [-0.25, -0.2) is 0 Å². The molecule has 6 heteroatoms. The molecule has 1 saturated heterocycles. The first-order valence-electron chi connectivity index (χ1n) is 6.39. The van der Waals surface area contributed by atoms with Crippen LogP contribution in [0, 0.1) is 11.3 Å². The molecule has 0 spiro atoms. The van der Waals surface area contributed by atoms with Gasteiger partial charge in [-0.1, -0.05) is 17.7 Å². The Morgan fingerprint density at radius 3 is 2.65 bits per heavy atom. The van der Waals surface area contributed by atoms with Crippen molar-refractivity contribution in [3.8, 4) is 6.07 Å². The van der Waals surface area contributed by atoms with Crippen LogP contribution >= 0.6 is 11.6 Å². The van der Waals surface area contributed by atoms with Crippen LogP contribution in [0.5, 0.6) is 0 Å². The number of nitrogens with one attached hydrogen (secondary N) is 1. The second kappa shape index (κ2) is 6.40. The molecule has 0 aliphatic carbocycles. The lowest BCUT2D eigenvalue weighted by atomic mass is 10.2. The normalized spacial score (nSPS) is 14.5. The van der Waals surface area contributed by atoms with Crippen LogP contribution in [-0.2, 0) is 9.59 Å². The largest absolute Gasteiger partial charge is 0.383 e. The van der Waals surface area contributed by atoms with Gasteiger partial charge < -0.3 is 5.32 Å². The monoisotopic (exact) mass is 291 g/mol. The summed E-state index contributed by atoms with van der Waals surface area (Å²) in [5.41, 5.74) is 1.07. The minimum Gasteiger partial charge on any atom is -0.383 e. The van der Waals surface area contributed by atoms with Crippen molar-refractivity contribution in [3.63, 3.8) is 0 Å². The Morgan fingerprint density at radius 2 is 2.00 bits per heavy atom. The number of rotatable bonds is 5. The number of nitrogens with zero attached hydrogens (tertiary/aromatic N) is 2. The zero-order valence-corrected chi connectivity index (χ0v) is 11.6. The second-order valence-corrected chi connectivity index (χ2v) is 4.90. The van der Waals surface area contributed by atoms with E-state index in [0.717, 1.165) is 0 Å². The molecule has 1 fully saturated rings. The van der Waals surface area contributed by atoms with Crippen LogP contribution in [0.1, 0.15) is 24.8 Å². The highest BCUT2D eigenvalue weighted by Crippen LogP contribution is 2.25. The first kappa shape index (κ1) is 14.4. The summed E-state index contributed by atoms with van der Waals surface area (Å²) in [4.78, 5) is 24.1. The van der Waals surface area contributed by atoms with Gasteiger partial charge in [0.1, 0.15) is 6.07 Å². The van der Waals surface area contributed by atoms with E-state index in [4.69, 9.17) is 16.9 Å². The summed E-state index contributed by atoms with van der Waals surface area (Å²) in [6, 6.07) is 7.17. The molecule has 1 aliphatic rings. The quantitative estimate of drug-likeness (QED) is 0.666. The number of imide groups is 1. The van der Waals surface area contributed by atoms with Gasteiger partial charge in [-0.05, 0) is 18.6 Å². The van der Waals surface area contributed by atoms with E-state index in [-0.39, 0.29) is 11.8 Å². The Bertz CT molecular complexity index is 564. The Kier molecular flexibility index (Phi) is 4.59. The van der Waals surface area contributed by atoms with E-state index in [9.17, 15) is 9.59 Å². The summed E-state index contributed by atoms with van der Waals surface area (Å²) in [7, 11) is 0. The van der Waals surface area contributed by atoms with E-state index in [1.54, 1.807) is 18.2 Å². The molecule has 0 radical (unpaired) electrons. The van der Waals surface area contributed by atoms with E-state index in [2.05, 4.69) is 11.4 Å². The molecule has 2 rings (SSSR count). The first-order chi connectivity index (χ1) is 9.63. The molecule has 0 atom stereocenters. The molecule has 0 bridgehead atoms. The van der Waals surface area contributed by atoms with Crippen molar-refractivity contribution in [1.29, 1.82) is 5.26 Å². The maximum atomic E-state index is 11.4. The highest BCUT2D eigenvalue weighted by Gasteiger charge is 2.27. The second-order valence-electron chi connectivity index (χ2n) is 4.49. The zero-order chi connectivity index (χ0) is 14.5. The van der Waals surface area contributed by atoms with E-state index >= 15 is 0 Å². The Balaban J connectivity index is 1.87. The molecular formula is C14H14ClN3O2. The fraction of sp³-hybridized carbons (Fsp3) is 0.357. The van der Waals surface area contributed by atoms with E-state index in [1.165, 1.54) is 4.90 Å². The molecule has 5 nitrogen and oxygen atoms in total. The van der Waals surface area contributed by atoms with Gasteiger partial charge in [0.05, 0.1) is 16.3 Å². The summed E-state index contributed by atoms with van der Waals surface area (Å²) >= 11 is 6.03. The average molecular weight is 292 g/mol. The number of carbonyl (C=O) groups is 2. The fourth-order valence-corrected chi connectivity index (χ4v) is 2.36. The van der Waals surface area contributed by atoms with Crippen LogP contribution in [0.25, 0.3) is 0 Å². The van der Waals surface area contributed by atoms with Crippen LogP contribution in [0.4, 0.5) is 5.69 Å². The Morgan fingerprint density at radius 1 is 1.30 bits per heavy atom. The van der Waals surface area contributed by atoms with E-state index < -0.39 is 0 Å². The number of halogens is 1. The van der Waals surface area contributed by atoms with Crippen molar-refractivity contribution < 1.29 is 9.59 Å². The van der Waals surface area contributed by atoms with Crippen LogP contribution in [0.3, 0.4) is 0 Å². The summed E-state index contributed by atoms with van der Waals surface area (Å²) in [6.45, 7) is 0.937. The maximum absolute atomic E-state index is 11.4. The van der Waals surface area contributed by atoms with Crippen molar-refractivity contribution in [2.45, 2.75) is 19.3 Å². The van der Waals surface area contributed by atoms with Gasteiger partial charge in [0.15, 0.2) is 0 Å². The average Bonchev–Trinajstić information content (AvgIpc) is 2.76. The summed E-state index contributed by atoms with van der Waals surface area (Å²) < 4.78 is 0. The number of hydrogen-bond acceptors (Lipinski definition) is 4. The Hall–Kier alpha value is -2.06. The molecule has 20 heavy (non-hydrogen) atoms. The number of benzene rings is 1. The molecule has 0 saturated carbocycles. The van der Waals surface area contributed by atoms with Crippen molar-refractivity contribution in [1.82, 2.24) is 4.90 Å². The highest BCUT2D eigenvalue weighted by atomic mass is 35.5. The Labute approximate surface area is 122 Å². The van der Waals surface area contributed by atoms with Gasteiger partial charge in [-0.15, -0.1) is 0 Å². The molecule has 2 amide bonds. The molecule has 1 aromatic rings. The number of hydrogen-bond donors (Lipinski definition) is 1. The van der Waals surface area contributed by atoms with Gasteiger partial charge >= 0.3 is 0 Å². The third kappa shape index (κ3) is 3.09. The lowest BCUT2D eigenvalue weighted by molar-refractivity contribution is -0.138. The number of amides is 2. The molecule has 104 valence electrons. The summed E-state index contributed by atoms with van der Waals surface area (Å²) in [6.07, 6.45) is 1.25. The third-order valence-electron chi connectivity index (χ3n) is 3.15. The van der Waals surface area contributed by atoms with Gasteiger partial charge in [-0.2, -0.15) is 5.26 Å². The van der Waals surface area contributed by atoms with Crippen LogP contribution in [0.2, 0.25) is 5.02 Å². The number of likely N-dealkylation sites (tertiary alicyclic amines) is 1. The van der Waals surface area contributed by atoms with E-state index in [0.29, 0.717) is 48.6 Å². The standard InChI is InChI=1S/C14H14ClN3O2/c15-11-4-1-3-10(9-16)14(11)17-7-2-8-18-12(19)5-6-13(18)20/h1,3-4,17H,2,5-8H2. The lowest BCUT2D eigenvalue weighted by Crippen LogP contribution is -2.31. The first-order valence-corrected chi connectivity index (χ1v) is 6.77. The summed E-state index contributed by atoms with van der Waals surface area (Å²) in [5.74, 6) is -0.212. The molecule has 1 N–H and O–H groups in total. The predicted octanol–water partition coefficient (Wildman–Crippen LogP) is 2.16. The van der Waals surface area contributed by atoms with Gasteiger partial charge in [0.25, 0.3) is 0 Å². The topological polar surface area (TPSA) is 73.2 Å². The third-order valence-corrected chi connectivity index (χ3v) is 3.46. The minimum atomic E-state index is -0.106. The van der Waals surface area contributed by atoms with E-state index in [1.807, 2.05) is 0 Å². The van der Waals surface area contributed by atoms with Gasteiger partial charge in [0, 0.05) is 25.9 Å². The van der Waals surface area contributed by atoms with Crippen molar-refractivity contribution in [2.24, 2.45) is 0 Å². The van der Waals surface area contributed by atoms with Crippen molar-refractivity contribution >= 4 is 29.1 Å². The molecular weight excluding hydrogens is 278 g/mol. The molecule has 1 aliphatic heterocycles. The van der Waals surface area contributed by atoms with Crippen molar-refractivity contribution in [3.05, 3.63) is 28.8 Å². The number of para-hydroxylation sites is 1. The lowest BCUT2D eigenvalue weighted by Gasteiger charge is -2.14. The van der Waals surface area contributed by atoms with Gasteiger partial charge in [-0.3, -0.25) is 14.5 Å². The minimum absolute atomic E-state index is 0.106. The predicted molar refractivity (Wildman–Crippen MR) is 75.2 cm³/mol. The molecule has 1 heterocycles. The van der Waals surface area contributed by atoms with Crippen LogP contribution in [0.15, 0.2) is 18.2 Å². The zero-order valence-electron chi connectivity index (χ0n) is 10.9. The smallest absolute Gasteiger partial charge is 0.229 e. The molecule has 0 unspecified atom stereocenters. The fourth-order valence-electron chi connectivity index (χ4n) is 2.12. The van der Waals surface area contributed by atoms with Crippen LogP contribution < -0.4 is 5.32 Å².